The first-order chi connectivity index (χ1) is 14.6. The van der Waals surface area contributed by atoms with Gasteiger partial charge < -0.3 is 29.0 Å². The first-order valence-electron chi connectivity index (χ1n) is 10.2. The molecular weight excluding hydrogens is 511 g/mol. The zero-order valence-corrected chi connectivity index (χ0v) is 21.3. The average Bonchev–Trinajstić information content (AvgIpc) is 3.09. The van der Waals surface area contributed by atoms with Crippen molar-refractivity contribution in [2.24, 2.45) is 12.0 Å². The molecular formula is C21H33IN6O3. The van der Waals surface area contributed by atoms with Gasteiger partial charge in [0.2, 0.25) is 0 Å². The van der Waals surface area contributed by atoms with Crippen LogP contribution in [0, 0.1) is 6.92 Å². The number of rotatable bonds is 8. The maximum atomic E-state index is 5.49. The van der Waals surface area contributed by atoms with Gasteiger partial charge in [0.25, 0.3) is 0 Å². The summed E-state index contributed by atoms with van der Waals surface area (Å²) in [6.07, 6.45) is 1.82. The molecule has 10 heteroatoms. The highest BCUT2D eigenvalue weighted by molar-refractivity contribution is 14.0. The molecule has 0 spiro atoms. The second kappa shape index (κ2) is 12.1. The standard InChI is InChI=1S/C21H32N6O3.HI/c1-15-24-25-20(26(15)2)13-23-21(22-8-6-10-28-3)27-9-7-16-11-18(29-4)19(30-5)12-17(16)14-27;/h11-12H,6-10,13-14H2,1-5H3,(H,22,23);1H. The number of fused-ring (bicyclic) bond motifs is 1. The summed E-state index contributed by atoms with van der Waals surface area (Å²) in [4.78, 5) is 7.12. The normalized spacial score (nSPS) is 13.5. The molecule has 1 N–H and O–H groups in total. The largest absolute Gasteiger partial charge is 0.493 e. The number of aryl methyl sites for hydroxylation is 1. The Labute approximate surface area is 201 Å². The second-order valence-electron chi connectivity index (χ2n) is 7.28. The van der Waals surface area contributed by atoms with E-state index in [-0.39, 0.29) is 24.0 Å². The van der Waals surface area contributed by atoms with Crippen LogP contribution in [0.3, 0.4) is 0 Å². The summed E-state index contributed by atoms with van der Waals surface area (Å²) in [5.74, 6) is 4.11. The summed E-state index contributed by atoms with van der Waals surface area (Å²) in [5.41, 5.74) is 2.51. The Morgan fingerprint density at radius 1 is 1.13 bits per heavy atom. The van der Waals surface area contributed by atoms with E-state index in [0.717, 1.165) is 61.6 Å². The third-order valence-electron chi connectivity index (χ3n) is 5.38. The minimum Gasteiger partial charge on any atom is -0.493 e. The van der Waals surface area contributed by atoms with Gasteiger partial charge in [-0.1, -0.05) is 0 Å². The minimum absolute atomic E-state index is 0. The Morgan fingerprint density at radius 2 is 1.84 bits per heavy atom. The van der Waals surface area contributed by atoms with Crippen molar-refractivity contribution in [2.75, 3.05) is 41.0 Å². The molecule has 1 aromatic carbocycles. The van der Waals surface area contributed by atoms with Gasteiger partial charge in [0.05, 0.1) is 14.2 Å². The van der Waals surface area contributed by atoms with Gasteiger partial charge in [0.15, 0.2) is 23.3 Å². The SMILES string of the molecule is COCCCNC(=NCc1nnc(C)n1C)N1CCc2cc(OC)c(OC)cc2C1.I. The predicted octanol–water partition coefficient (Wildman–Crippen LogP) is 2.30. The summed E-state index contributed by atoms with van der Waals surface area (Å²) in [6.45, 7) is 5.54. The van der Waals surface area contributed by atoms with Crippen LogP contribution in [0.5, 0.6) is 11.5 Å². The lowest BCUT2D eigenvalue weighted by molar-refractivity contribution is 0.195. The van der Waals surface area contributed by atoms with Crippen LogP contribution in [0.15, 0.2) is 17.1 Å². The van der Waals surface area contributed by atoms with E-state index < -0.39 is 0 Å². The van der Waals surface area contributed by atoms with Crippen LogP contribution < -0.4 is 14.8 Å². The van der Waals surface area contributed by atoms with E-state index in [1.54, 1.807) is 21.3 Å². The molecule has 0 atom stereocenters. The minimum atomic E-state index is 0. The molecule has 1 aliphatic heterocycles. The van der Waals surface area contributed by atoms with E-state index >= 15 is 0 Å². The summed E-state index contributed by atoms with van der Waals surface area (Å²) in [6, 6.07) is 4.14. The van der Waals surface area contributed by atoms with Crippen LogP contribution in [0.1, 0.15) is 29.2 Å². The number of ether oxygens (including phenoxy) is 3. The number of benzene rings is 1. The summed E-state index contributed by atoms with van der Waals surface area (Å²) in [7, 11) is 7.01. The monoisotopic (exact) mass is 544 g/mol. The molecule has 0 saturated heterocycles. The van der Waals surface area contributed by atoms with Gasteiger partial charge in [-0.2, -0.15) is 0 Å². The van der Waals surface area contributed by atoms with Gasteiger partial charge in [0, 0.05) is 40.4 Å². The second-order valence-corrected chi connectivity index (χ2v) is 7.28. The zero-order chi connectivity index (χ0) is 21.5. The zero-order valence-electron chi connectivity index (χ0n) is 19.0. The predicted molar refractivity (Wildman–Crippen MR) is 130 cm³/mol. The molecule has 2 aromatic rings. The third-order valence-corrected chi connectivity index (χ3v) is 5.38. The van der Waals surface area contributed by atoms with Crippen molar-refractivity contribution in [3.05, 3.63) is 34.9 Å². The molecule has 0 saturated carbocycles. The first-order valence-corrected chi connectivity index (χ1v) is 10.2. The number of aliphatic imine (C=N–C) groups is 1. The Hall–Kier alpha value is -2.08. The molecule has 0 radical (unpaired) electrons. The topological polar surface area (TPSA) is 86.0 Å². The number of guanidine groups is 1. The lowest BCUT2D eigenvalue weighted by Gasteiger charge is -2.32. The maximum Gasteiger partial charge on any atom is 0.194 e. The summed E-state index contributed by atoms with van der Waals surface area (Å²) in [5, 5.41) is 11.8. The molecule has 0 bridgehead atoms. The van der Waals surface area contributed by atoms with Gasteiger partial charge in [-0.25, -0.2) is 4.99 Å². The number of hydrogen-bond donors (Lipinski definition) is 1. The molecule has 1 aromatic heterocycles. The summed E-state index contributed by atoms with van der Waals surface area (Å²) >= 11 is 0. The fourth-order valence-corrected chi connectivity index (χ4v) is 3.48. The van der Waals surface area contributed by atoms with Crippen LogP contribution in [-0.2, 0) is 31.3 Å². The Kier molecular flexibility index (Phi) is 9.82. The molecule has 0 aliphatic carbocycles. The number of nitrogens with zero attached hydrogens (tertiary/aromatic N) is 5. The molecule has 31 heavy (non-hydrogen) atoms. The van der Waals surface area contributed by atoms with Crippen molar-refractivity contribution < 1.29 is 14.2 Å². The number of nitrogens with one attached hydrogen (secondary N) is 1. The van der Waals surface area contributed by atoms with Crippen molar-refractivity contribution in [2.45, 2.75) is 32.9 Å². The molecule has 1 aliphatic rings. The Morgan fingerprint density at radius 3 is 2.45 bits per heavy atom. The van der Waals surface area contributed by atoms with Crippen molar-refractivity contribution in [1.29, 1.82) is 0 Å². The van der Waals surface area contributed by atoms with E-state index in [1.807, 2.05) is 18.5 Å². The van der Waals surface area contributed by atoms with Crippen LogP contribution in [0.25, 0.3) is 0 Å². The Balaban J connectivity index is 0.00000341. The van der Waals surface area contributed by atoms with Crippen molar-refractivity contribution in [3.8, 4) is 11.5 Å². The highest BCUT2D eigenvalue weighted by Gasteiger charge is 2.22. The smallest absolute Gasteiger partial charge is 0.194 e. The first kappa shape index (κ1) is 25.2. The number of aromatic nitrogens is 3. The number of hydrogen-bond acceptors (Lipinski definition) is 6. The maximum absolute atomic E-state index is 5.49. The van der Waals surface area contributed by atoms with Crippen LogP contribution >= 0.6 is 24.0 Å². The summed E-state index contributed by atoms with van der Waals surface area (Å²) < 4.78 is 18.1. The highest BCUT2D eigenvalue weighted by atomic mass is 127. The van der Waals surface area contributed by atoms with E-state index in [4.69, 9.17) is 19.2 Å². The lowest BCUT2D eigenvalue weighted by Crippen LogP contribution is -2.44. The molecule has 3 rings (SSSR count). The molecule has 0 amide bonds. The highest BCUT2D eigenvalue weighted by Crippen LogP contribution is 2.33. The van der Waals surface area contributed by atoms with E-state index in [2.05, 4.69) is 32.5 Å². The molecule has 0 fully saturated rings. The van der Waals surface area contributed by atoms with Crippen molar-refractivity contribution in [1.82, 2.24) is 25.0 Å². The molecule has 0 unspecified atom stereocenters. The Bertz CT molecular complexity index is 886. The molecule has 2 heterocycles. The van der Waals surface area contributed by atoms with Crippen molar-refractivity contribution >= 4 is 29.9 Å². The van der Waals surface area contributed by atoms with Gasteiger partial charge in [-0.3, -0.25) is 0 Å². The van der Waals surface area contributed by atoms with E-state index in [0.29, 0.717) is 13.2 Å². The lowest BCUT2D eigenvalue weighted by atomic mass is 9.99. The number of halogens is 1. The molecule has 9 nitrogen and oxygen atoms in total. The fraction of sp³-hybridized carbons (Fsp3) is 0.571. The van der Waals surface area contributed by atoms with Gasteiger partial charge in [0.1, 0.15) is 12.4 Å². The molecule has 172 valence electrons. The average molecular weight is 544 g/mol. The van der Waals surface area contributed by atoms with Gasteiger partial charge in [-0.15, -0.1) is 34.2 Å². The van der Waals surface area contributed by atoms with Crippen LogP contribution in [-0.4, -0.2) is 66.6 Å². The van der Waals surface area contributed by atoms with Crippen LogP contribution in [0.2, 0.25) is 0 Å². The van der Waals surface area contributed by atoms with Gasteiger partial charge in [-0.05, 0) is 43.0 Å². The van der Waals surface area contributed by atoms with Gasteiger partial charge >= 0.3 is 0 Å². The van der Waals surface area contributed by atoms with Crippen LogP contribution in [0.4, 0.5) is 0 Å². The van der Waals surface area contributed by atoms with E-state index in [1.165, 1.54) is 11.1 Å². The quantitative estimate of drug-likeness (QED) is 0.236. The van der Waals surface area contributed by atoms with E-state index in [9.17, 15) is 0 Å². The third kappa shape index (κ3) is 6.22. The number of methoxy groups -OCH3 is 3. The fourth-order valence-electron chi connectivity index (χ4n) is 3.48. The van der Waals surface area contributed by atoms with Crippen molar-refractivity contribution in [3.63, 3.8) is 0 Å².